The molecule has 0 aliphatic heterocycles. The van der Waals surface area contributed by atoms with E-state index in [4.69, 9.17) is 9.72 Å². The second-order valence-electron chi connectivity index (χ2n) is 7.05. The molecule has 2 amide bonds. The maximum absolute atomic E-state index is 12.3. The molecular weight excluding hydrogens is 376 g/mol. The van der Waals surface area contributed by atoms with Crippen LogP contribution in [0.4, 0.5) is 10.5 Å². The van der Waals surface area contributed by atoms with E-state index in [1.165, 1.54) is 5.56 Å². The van der Waals surface area contributed by atoms with E-state index in [0.717, 1.165) is 22.4 Å². The number of fused-ring (bicyclic) bond motifs is 1. The van der Waals surface area contributed by atoms with Gasteiger partial charge in [0.2, 0.25) is 0 Å². The van der Waals surface area contributed by atoms with Gasteiger partial charge in [0.1, 0.15) is 11.6 Å². The number of imidazole rings is 1. The molecule has 1 aromatic heterocycles. The van der Waals surface area contributed by atoms with Gasteiger partial charge in [-0.25, -0.2) is 9.78 Å². The zero-order chi connectivity index (χ0) is 20.9. The van der Waals surface area contributed by atoms with Gasteiger partial charge in [-0.2, -0.15) is 0 Å². The number of carbonyl (C=O) groups excluding carboxylic acids is 1. The third-order valence-corrected chi connectivity index (χ3v) is 4.91. The number of para-hydroxylation sites is 2. The fourth-order valence-corrected chi connectivity index (χ4v) is 3.38. The van der Waals surface area contributed by atoms with Crippen molar-refractivity contribution < 1.29 is 9.53 Å². The number of ether oxygens (including phenoxy) is 1. The van der Waals surface area contributed by atoms with Crippen LogP contribution in [0.3, 0.4) is 0 Å². The van der Waals surface area contributed by atoms with Crippen molar-refractivity contribution in [1.82, 2.24) is 14.9 Å². The average Bonchev–Trinajstić information content (AvgIpc) is 3.13. The number of nitrogens with zero attached hydrogens (tertiary/aromatic N) is 2. The van der Waals surface area contributed by atoms with Crippen LogP contribution in [0.25, 0.3) is 22.4 Å². The molecular formula is C24H24N4O2. The molecule has 0 saturated heterocycles. The molecule has 1 heterocycles. The molecule has 0 bridgehead atoms. The zero-order valence-corrected chi connectivity index (χ0v) is 17.1. The fraction of sp³-hybridized carbons (Fsp3) is 0.167. The SMILES string of the molecule is COc1cccc(NC(=O)NCCn2c(-c3ccc(C)cc3)nc3ccccc32)c1. The standard InChI is InChI=1S/C24H24N4O2/c1-17-10-12-18(13-11-17)23-27-21-8-3-4-9-22(21)28(23)15-14-25-24(29)26-19-6-5-7-20(16-19)30-2/h3-13,16H,14-15H2,1-2H3,(H2,25,26,29). The van der Waals surface area contributed by atoms with Crippen LogP contribution in [0, 0.1) is 6.92 Å². The number of benzene rings is 3. The molecule has 3 aromatic carbocycles. The monoisotopic (exact) mass is 400 g/mol. The normalized spacial score (nSPS) is 10.7. The number of aromatic nitrogens is 2. The Morgan fingerprint density at radius 3 is 2.63 bits per heavy atom. The Kier molecular flexibility index (Phi) is 5.66. The lowest BCUT2D eigenvalue weighted by Crippen LogP contribution is -2.31. The molecule has 152 valence electrons. The van der Waals surface area contributed by atoms with Crippen molar-refractivity contribution in [2.24, 2.45) is 0 Å². The Bertz CT molecular complexity index is 1170. The summed E-state index contributed by atoms with van der Waals surface area (Å²) in [6.45, 7) is 3.14. The number of hydrogen-bond donors (Lipinski definition) is 2. The number of urea groups is 1. The molecule has 0 unspecified atom stereocenters. The summed E-state index contributed by atoms with van der Waals surface area (Å²) in [7, 11) is 1.60. The Morgan fingerprint density at radius 1 is 1.03 bits per heavy atom. The van der Waals surface area contributed by atoms with Crippen molar-refractivity contribution in [2.45, 2.75) is 13.5 Å². The first-order valence-corrected chi connectivity index (χ1v) is 9.85. The Labute approximate surface area is 175 Å². The van der Waals surface area contributed by atoms with Gasteiger partial charge in [-0.3, -0.25) is 0 Å². The Morgan fingerprint density at radius 2 is 1.83 bits per heavy atom. The summed E-state index contributed by atoms with van der Waals surface area (Å²) in [4.78, 5) is 17.1. The van der Waals surface area contributed by atoms with Gasteiger partial charge in [0.05, 0.1) is 18.1 Å². The number of aryl methyl sites for hydroxylation is 1. The molecule has 2 N–H and O–H groups in total. The van der Waals surface area contributed by atoms with Crippen molar-refractivity contribution in [3.05, 3.63) is 78.4 Å². The number of amides is 2. The number of anilines is 1. The molecule has 6 nitrogen and oxygen atoms in total. The lowest BCUT2D eigenvalue weighted by Gasteiger charge is -2.12. The van der Waals surface area contributed by atoms with Crippen LogP contribution in [0.15, 0.2) is 72.8 Å². The van der Waals surface area contributed by atoms with Gasteiger partial charge in [0, 0.05) is 30.4 Å². The first-order valence-electron chi connectivity index (χ1n) is 9.85. The average molecular weight is 400 g/mol. The van der Waals surface area contributed by atoms with Gasteiger partial charge in [0.25, 0.3) is 0 Å². The van der Waals surface area contributed by atoms with E-state index < -0.39 is 0 Å². The molecule has 0 radical (unpaired) electrons. The molecule has 30 heavy (non-hydrogen) atoms. The third kappa shape index (κ3) is 4.27. The maximum Gasteiger partial charge on any atom is 0.319 e. The van der Waals surface area contributed by atoms with Crippen molar-refractivity contribution in [3.8, 4) is 17.1 Å². The summed E-state index contributed by atoms with van der Waals surface area (Å²) in [6, 6.07) is 23.4. The predicted octanol–water partition coefficient (Wildman–Crippen LogP) is 4.84. The number of hydrogen-bond acceptors (Lipinski definition) is 3. The van der Waals surface area contributed by atoms with Crippen LogP contribution in [-0.2, 0) is 6.54 Å². The smallest absolute Gasteiger partial charge is 0.319 e. The van der Waals surface area contributed by atoms with Crippen molar-refractivity contribution >= 4 is 22.8 Å². The van der Waals surface area contributed by atoms with Crippen LogP contribution in [0.5, 0.6) is 5.75 Å². The number of rotatable bonds is 6. The predicted molar refractivity (Wildman–Crippen MR) is 120 cm³/mol. The van der Waals surface area contributed by atoms with Crippen molar-refractivity contribution in [2.75, 3.05) is 19.0 Å². The Balaban J connectivity index is 1.48. The van der Waals surface area contributed by atoms with Crippen LogP contribution in [0.1, 0.15) is 5.56 Å². The minimum atomic E-state index is -0.260. The molecule has 0 atom stereocenters. The van der Waals surface area contributed by atoms with Crippen molar-refractivity contribution in [1.29, 1.82) is 0 Å². The molecule has 4 aromatic rings. The lowest BCUT2D eigenvalue weighted by atomic mass is 10.1. The maximum atomic E-state index is 12.3. The van der Waals surface area contributed by atoms with Crippen LogP contribution in [-0.4, -0.2) is 29.2 Å². The highest BCUT2D eigenvalue weighted by atomic mass is 16.5. The number of carbonyl (C=O) groups is 1. The molecule has 4 rings (SSSR count). The van der Waals surface area contributed by atoms with Crippen LogP contribution in [0.2, 0.25) is 0 Å². The van der Waals surface area contributed by atoms with Gasteiger partial charge >= 0.3 is 6.03 Å². The minimum Gasteiger partial charge on any atom is -0.497 e. The first kappa shape index (κ1) is 19.5. The summed E-state index contributed by atoms with van der Waals surface area (Å²) in [6.07, 6.45) is 0. The van der Waals surface area contributed by atoms with E-state index in [9.17, 15) is 4.79 Å². The van der Waals surface area contributed by atoms with E-state index >= 15 is 0 Å². The van der Waals surface area contributed by atoms with Crippen LogP contribution < -0.4 is 15.4 Å². The molecule has 0 spiro atoms. The highest BCUT2D eigenvalue weighted by Crippen LogP contribution is 2.25. The van der Waals surface area contributed by atoms with E-state index in [1.807, 2.05) is 36.4 Å². The van der Waals surface area contributed by atoms with Crippen molar-refractivity contribution in [3.63, 3.8) is 0 Å². The van der Waals surface area contributed by atoms with E-state index in [2.05, 4.69) is 52.5 Å². The number of methoxy groups -OCH3 is 1. The van der Waals surface area contributed by atoms with Gasteiger partial charge in [0.15, 0.2) is 0 Å². The van der Waals surface area contributed by atoms with Gasteiger partial charge in [-0.1, -0.05) is 48.0 Å². The van der Waals surface area contributed by atoms with E-state index in [-0.39, 0.29) is 6.03 Å². The largest absolute Gasteiger partial charge is 0.497 e. The zero-order valence-electron chi connectivity index (χ0n) is 17.1. The van der Waals surface area contributed by atoms with Gasteiger partial charge < -0.3 is 19.9 Å². The van der Waals surface area contributed by atoms with Gasteiger partial charge in [-0.05, 0) is 31.2 Å². The topological polar surface area (TPSA) is 68.2 Å². The summed E-state index contributed by atoms with van der Waals surface area (Å²) >= 11 is 0. The summed E-state index contributed by atoms with van der Waals surface area (Å²) < 4.78 is 7.33. The third-order valence-electron chi connectivity index (χ3n) is 4.91. The van der Waals surface area contributed by atoms with E-state index in [1.54, 1.807) is 13.2 Å². The minimum absolute atomic E-state index is 0.260. The summed E-state index contributed by atoms with van der Waals surface area (Å²) in [5.41, 5.74) is 4.92. The van der Waals surface area contributed by atoms with E-state index in [0.29, 0.717) is 24.5 Å². The summed E-state index contributed by atoms with van der Waals surface area (Å²) in [5.74, 6) is 1.59. The quantitative estimate of drug-likeness (QED) is 0.487. The molecule has 0 saturated carbocycles. The molecule has 6 heteroatoms. The van der Waals surface area contributed by atoms with Gasteiger partial charge in [-0.15, -0.1) is 0 Å². The molecule has 0 aliphatic carbocycles. The number of nitrogens with one attached hydrogen (secondary N) is 2. The highest BCUT2D eigenvalue weighted by Gasteiger charge is 2.12. The summed E-state index contributed by atoms with van der Waals surface area (Å²) in [5, 5.41) is 5.75. The molecule has 0 fully saturated rings. The highest BCUT2D eigenvalue weighted by molar-refractivity contribution is 5.89. The molecule has 0 aliphatic rings. The first-order chi connectivity index (χ1) is 14.6. The Hall–Kier alpha value is -3.80. The second-order valence-corrected chi connectivity index (χ2v) is 7.05. The fourth-order valence-electron chi connectivity index (χ4n) is 3.38. The lowest BCUT2D eigenvalue weighted by molar-refractivity contribution is 0.251. The van der Waals surface area contributed by atoms with Crippen LogP contribution >= 0.6 is 0 Å². The second kappa shape index (κ2) is 8.69.